The molecule has 6 nitrogen and oxygen atoms in total. The first-order valence-corrected chi connectivity index (χ1v) is 7.88. The summed E-state index contributed by atoms with van der Waals surface area (Å²) in [5.41, 5.74) is 0.410. The van der Waals surface area contributed by atoms with Crippen molar-refractivity contribution in [3.8, 4) is 0 Å². The fourth-order valence-electron chi connectivity index (χ4n) is 1.80. The number of fused-ring (bicyclic) bond motifs is 3. The van der Waals surface area contributed by atoms with Crippen LogP contribution in [0.15, 0.2) is 48.5 Å². The van der Waals surface area contributed by atoms with Gasteiger partial charge in [-0.05, 0) is 39.8 Å². The Bertz CT molecular complexity index is 722. The summed E-state index contributed by atoms with van der Waals surface area (Å²) < 4.78 is 0. The maximum atomic E-state index is 9.10. The molecular weight excluding hydrogens is 321 g/mol. The topological polar surface area (TPSA) is 117 Å². The predicted octanol–water partition coefficient (Wildman–Crippen LogP) is 1.80. The first kappa shape index (κ1) is 21.1. The fourth-order valence-corrected chi connectivity index (χ4v) is 1.80. The lowest BCUT2D eigenvalue weighted by atomic mass is 9.90. The smallest absolute Gasteiger partial charge is 0.402 e. The Labute approximate surface area is 147 Å². The lowest BCUT2D eigenvalue weighted by molar-refractivity contribution is -0.107. The van der Waals surface area contributed by atoms with E-state index in [1.807, 2.05) is 0 Å². The number of hydrogen-bond acceptors (Lipinski definition) is 5. The van der Waals surface area contributed by atoms with Crippen LogP contribution in [0.25, 0.3) is 21.8 Å². The third kappa shape index (κ3) is 6.49. The van der Waals surface area contributed by atoms with Gasteiger partial charge in [-0.25, -0.2) is 0 Å². The van der Waals surface area contributed by atoms with E-state index in [9.17, 15) is 0 Å². The summed E-state index contributed by atoms with van der Waals surface area (Å²) in [6.45, 7) is 6.31. The summed E-state index contributed by atoms with van der Waals surface area (Å²) in [7, 11) is -2.17. The van der Waals surface area contributed by atoms with Gasteiger partial charge in [0.05, 0.1) is 11.2 Å². The third-order valence-electron chi connectivity index (χ3n) is 3.91. The largest absolute Gasteiger partial charge is 0.631 e. The molecule has 0 unspecified atom stereocenters. The molecule has 0 saturated heterocycles. The molecule has 0 radical (unpaired) electrons. The zero-order chi connectivity index (χ0) is 19.3. The van der Waals surface area contributed by atoms with E-state index in [2.05, 4.69) is 53.5 Å². The Balaban J connectivity index is 0.000000226. The molecule has 0 fully saturated rings. The molecule has 3 aromatic rings. The minimum absolute atomic E-state index is 1.01. The van der Waals surface area contributed by atoms with Crippen LogP contribution in [0.1, 0.15) is 27.7 Å². The van der Waals surface area contributed by atoms with Crippen molar-refractivity contribution in [3.63, 3.8) is 0 Å². The number of para-hydroxylation sites is 2. The van der Waals surface area contributed by atoms with Crippen LogP contribution in [0.5, 0.6) is 0 Å². The molecule has 2 aromatic carbocycles. The van der Waals surface area contributed by atoms with Crippen LogP contribution in [0.2, 0.25) is 0 Å². The molecule has 1 heterocycles. The van der Waals surface area contributed by atoms with Crippen LogP contribution < -0.4 is 0 Å². The Morgan fingerprint density at radius 1 is 0.680 bits per heavy atom. The van der Waals surface area contributed by atoms with Crippen LogP contribution in [0.3, 0.4) is 0 Å². The number of nitrogens with one attached hydrogen (secondary N) is 1. The van der Waals surface area contributed by atoms with Crippen molar-refractivity contribution in [1.82, 2.24) is 4.98 Å². The summed E-state index contributed by atoms with van der Waals surface area (Å²) in [6.07, 6.45) is 0. The van der Waals surface area contributed by atoms with E-state index < -0.39 is 18.5 Å². The van der Waals surface area contributed by atoms with E-state index >= 15 is 0 Å². The minimum atomic E-state index is -2.17. The lowest BCUT2D eigenvalue weighted by Gasteiger charge is -2.31. The number of H-pyrrole nitrogens is 1. The van der Waals surface area contributed by atoms with Gasteiger partial charge in [0, 0.05) is 21.8 Å². The Hall–Kier alpha value is -1.90. The minimum Gasteiger partial charge on any atom is -0.402 e. The number of hydrogen-bond donors (Lipinski definition) is 6. The van der Waals surface area contributed by atoms with Gasteiger partial charge in [-0.3, -0.25) is 0 Å². The molecule has 7 heteroatoms. The molecule has 136 valence electrons. The van der Waals surface area contributed by atoms with Gasteiger partial charge in [-0.15, -0.1) is 0 Å². The van der Waals surface area contributed by atoms with Crippen LogP contribution in [0.4, 0.5) is 0 Å². The number of aromatic nitrogens is 1. The van der Waals surface area contributed by atoms with Gasteiger partial charge >= 0.3 is 7.32 Å². The van der Waals surface area contributed by atoms with Gasteiger partial charge in [-0.1, -0.05) is 36.4 Å². The first-order valence-electron chi connectivity index (χ1n) is 7.88. The molecule has 3 rings (SSSR count). The molecule has 0 atom stereocenters. The lowest BCUT2D eigenvalue weighted by Crippen LogP contribution is -2.44. The summed E-state index contributed by atoms with van der Waals surface area (Å²) in [4.78, 5) is 3.38. The van der Waals surface area contributed by atoms with E-state index in [0.29, 0.717) is 0 Å². The molecule has 0 aliphatic carbocycles. The van der Waals surface area contributed by atoms with Gasteiger partial charge < -0.3 is 30.3 Å². The van der Waals surface area contributed by atoms with Gasteiger partial charge in [0.1, 0.15) is 0 Å². The van der Waals surface area contributed by atoms with Crippen LogP contribution >= 0.6 is 0 Å². The van der Waals surface area contributed by atoms with Crippen molar-refractivity contribution in [2.24, 2.45) is 0 Å². The second-order valence-electron chi connectivity index (χ2n) is 6.68. The van der Waals surface area contributed by atoms with E-state index in [1.165, 1.54) is 21.8 Å². The third-order valence-corrected chi connectivity index (χ3v) is 3.91. The highest BCUT2D eigenvalue weighted by atomic mass is 16.5. The summed E-state index contributed by atoms with van der Waals surface area (Å²) in [5.74, 6) is 0. The number of aromatic amines is 1. The molecule has 0 bridgehead atoms. The molecule has 6 N–H and O–H groups in total. The quantitative estimate of drug-likeness (QED) is 0.376. The molecular formula is C18H26BNO5. The second-order valence-corrected chi connectivity index (χ2v) is 6.68. The van der Waals surface area contributed by atoms with Crippen molar-refractivity contribution in [2.45, 2.75) is 38.9 Å². The van der Waals surface area contributed by atoms with E-state index in [1.54, 1.807) is 27.7 Å². The normalized spacial score (nSPS) is 11.4. The van der Waals surface area contributed by atoms with Gasteiger partial charge in [-0.2, -0.15) is 0 Å². The van der Waals surface area contributed by atoms with Crippen LogP contribution in [-0.4, -0.2) is 48.8 Å². The number of rotatable bonds is 1. The highest BCUT2D eigenvalue weighted by Gasteiger charge is 2.31. The molecule has 0 aliphatic heterocycles. The SMILES string of the molecule is CC(C)(O)C(C)(C)O.OB(O)O.c1ccc2c(c1)[nH]c1ccccc12. The predicted molar refractivity (Wildman–Crippen MR) is 101 cm³/mol. The second kappa shape index (κ2) is 8.46. The molecule has 1 aromatic heterocycles. The molecule has 0 saturated carbocycles. The number of benzene rings is 2. The fraction of sp³-hybridized carbons (Fsp3) is 0.333. The van der Waals surface area contributed by atoms with Crippen molar-refractivity contribution in [1.29, 1.82) is 0 Å². The van der Waals surface area contributed by atoms with E-state index in [0.717, 1.165) is 0 Å². The first-order chi connectivity index (χ1) is 11.4. The molecule has 25 heavy (non-hydrogen) atoms. The average molecular weight is 347 g/mol. The summed E-state index contributed by atoms with van der Waals surface area (Å²) in [5, 5.41) is 42.3. The van der Waals surface area contributed by atoms with Crippen molar-refractivity contribution in [2.75, 3.05) is 0 Å². The zero-order valence-corrected chi connectivity index (χ0v) is 14.9. The van der Waals surface area contributed by atoms with E-state index in [-0.39, 0.29) is 0 Å². The number of aliphatic hydroxyl groups is 2. The summed E-state index contributed by atoms with van der Waals surface area (Å²) in [6, 6.07) is 16.8. The van der Waals surface area contributed by atoms with Crippen LogP contribution in [-0.2, 0) is 0 Å². The molecule has 0 amide bonds. The van der Waals surface area contributed by atoms with Gasteiger partial charge in [0.25, 0.3) is 0 Å². The Morgan fingerprint density at radius 2 is 0.960 bits per heavy atom. The molecule has 0 spiro atoms. The monoisotopic (exact) mass is 347 g/mol. The maximum absolute atomic E-state index is 9.10. The Kier molecular flexibility index (Phi) is 7.16. The van der Waals surface area contributed by atoms with Gasteiger partial charge in [0.15, 0.2) is 0 Å². The maximum Gasteiger partial charge on any atom is 0.631 e. The van der Waals surface area contributed by atoms with Crippen molar-refractivity contribution < 1.29 is 25.3 Å². The highest BCUT2D eigenvalue weighted by Crippen LogP contribution is 2.24. The molecule has 0 aliphatic rings. The zero-order valence-electron chi connectivity index (χ0n) is 14.9. The van der Waals surface area contributed by atoms with Crippen molar-refractivity contribution in [3.05, 3.63) is 48.5 Å². The highest BCUT2D eigenvalue weighted by molar-refractivity contribution is 6.30. The van der Waals surface area contributed by atoms with Gasteiger partial charge in [0.2, 0.25) is 0 Å². The van der Waals surface area contributed by atoms with Crippen molar-refractivity contribution >= 4 is 29.1 Å². The van der Waals surface area contributed by atoms with Crippen LogP contribution in [0, 0.1) is 0 Å². The Morgan fingerprint density at radius 3 is 1.24 bits per heavy atom. The standard InChI is InChI=1S/C12H9N.C6H14O2.BH3O3/c1-3-7-11-9(5-1)10-6-2-4-8-12(10)13-11;1-5(2,7)6(3,4)8;2-1(3)4/h1-8,13H;7-8H,1-4H3;2-4H. The average Bonchev–Trinajstić information content (AvgIpc) is 2.84. The van der Waals surface area contributed by atoms with E-state index in [4.69, 9.17) is 25.3 Å². The summed E-state index contributed by atoms with van der Waals surface area (Å²) >= 11 is 0.